The quantitative estimate of drug-likeness (QED) is 0.792. The van der Waals surface area contributed by atoms with Gasteiger partial charge in [-0.2, -0.15) is 0 Å². The van der Waals surface area contributed by atoms with E-state index in [-0.39, 0.29) is 24.4 Å². The highest BCUT2D eigenvalue weighted by molar-refractivity contribution is 5.83. The van der Waals surface area contributed by atoms with E-state index in [1.165, 1.54) is 34.5 Å². The summed E-state index contributed by atoms with van der Waals surface area (Å²) in [6, 6.07) is 8.43. The zero-order chi connectivity index (χ0) is 18.4. The third-order valence-electron chi connectivity index (χ3n) is 3.77. The van der Waals surface area contributed by atoms with Gasteiger partial charge in [-0.1, -0.05) is 6.07 Å². The molecule has 0 saturated carbocycles. The van der Waals surface area contributed by atoms with Crippen LogP contribution in [0.15, 0.2) is 30.3 Å². The molecule has 2 aromatic carbocycles. The first-order chi connectivity index (χ1) is 12.0. The van der Waals surface area contributed by atoms with Crippen molar-refractivity contribution >= 4 is 5.78 Å². The Morgan fingerprint density at radius 2 is 1.36 bits per heavy atom. The van der Waals surface area contributed by atoms with Gasteiger partial charge in [-0.15, -0.1) is 0 Å². The Kier molecular flexibility index (Phi) is 6.11. The number of ether oxygens (including phenoxy) is 4. The molecule has 1 N–H and O–H groups in total. The Hall–Kier alpha value is -2.89. The smallest absolute Gasteiger partial charge is 0.203 e. The van der Waals surface area contributed by atoms with Crippen LogP contribution in [0.5, 0.6) is 28.7 Å². The second-order valence-electron chi connectivity index (χ2n) is 5.43. The number of rotatable bonds is 8. The van der Waals surface area contributed by atoms with E-state index in [1.807, 2.05) is 0 Å². The molecule has 0 fully saturated rings. The number of carbonyl (C=O) groups excluding carboxylic acids is 1. The van der Waals surface area contributed by atoms with Crippen molar-refractivity contribution in [3.05, 3.63) is 41.5 Å². The van der Waals surface area contributed by atoms with Crippen LogP contribution in [0.3, 0.4) is 0 Å². The molecule has 0 aliphatic carbocycles. The van der Waals surface area contributed by atoms with Crippen LogP contribution >= 0.6 is 0 Å². The number of hydrogen-bond acceptors (Lipinski definition) is 6. The summed E-state index contributed by atoms with van der Waals surface area (Å²) in [5, 5.41) is 9.81. The van der Waals surface area contributed by atoms with Gasteiger partial charge in [-0.3, -0.25) is 4.79 Å². The van der Waals surface area contributed by atoms with Crippen molar-refractivity contribution in [2.24, 2.45) is 0 Å². The molecule has 0 atom stereocenters. The van der Waals surface area contributed by atoms with Crippen molar-refractivity contribution in [1.82, 2.24) is 0 Å². The van der Waals surface area contributed by atoms with Crippen molar-refractivity contribution in [2.75, 3.05) is 28.4 Å². The van der Waals surface area contributed by atoms with Gasteiger partial charge in [-0.05, 0) is 35.4 Å². The summed E-state index contributed by atoms with van der Waals surface area (Å²) < 4.78 is 20.9. The second kappa shape index (κ2) is 8.28. The predicted molar refractivity (Wildman–Crippen MR) is 93.2 cm³/mol. The molecule has 25 heavy (non-hydrogen) atoms. The summed E-state index contributed by atoms with van der Waals surface area (Å²) in [6.07, 6.45) is 0.414. The summed E-state index contributed by atoms with van der Waals surface area (Å²) in [5.74, 6) is 1.89. The van der Waals surface area contributed by atoms with Gasteiger partial charge in [0.05, 0.1) is 28.4 Å². The first-order valence-corrected chi connectivity index (χ1v) is 7.68. The minimum Gasteiger partial charge on any atom is -0.504 e. The van der Waals surface area contributed by atoms with Gasteiger partial charge in [0.15, 0.2) is 23.0 Å². The van der Waals surface area contributed by atoms with Gasteiger partial charge < -0.3 is 24.1 Å². The molecule has 6 heteroatoms. The summed E-state index contributed by atoms with van der Waals surface area (Å²) in [6.45, 7) is 0. The number of Topliss-reactive ketones (excluding diaryl/α,β-unsaturated/α-hetero) is 1. The zero-order valence-electron chi connectivity index (χ0n) is 14.8. The third-order valence-corrected chi connectivity index (χ3v) is 3.77. The average Bonchev–Trinajstić information content (AvgIpc) is 2.60. The fourth-order valence-corrected chi connectivity index (χ4v) is 2.60. The lowest BCUT2D eigenvalue weighted by Gasteiger charge is -2.14. The van der Waals surface area contributed by atoms with Crippen molar-refractivity contribution in [3.8, 4) is 28.7 Å². The highest BCUT2D eigenvalue weighted by atomic mass is 16.5. The number of benzene rings is 2. The average molecular weight is 346 g/mol. The van der Waals surface area contributed by atoms with Crippen LogP contribution in [-0.4, -0.2) is 39.3 Å². The van der Waals surface area contributed by atoms with Crippen LogP contribution < -0.4 is 18.9 Å². The van der Waals surface area contributed by atoms with E-state index in [0.29, 0.717) is 23.0 Å². The van der Waals surface area contributed by atoms with Crippen LogP contribution in [0.1, 0.15) is 11.1 Å². The fraction of sp³-hybridized carbons (Fsp3) is 0.316. The monoisotopic (exact) mass is 346 g/mol. The topological polar surface area (TPSA) is 74.2 Å². The van der Waals surface area contributed by atoms with Crippen molar-refractivity contribution < 1.29 is 28.8 Å². The number of hydrogen-bond donors (Lipinski definition) is 1. The molecule has 134 valence electrons. The first kappa shape index (κ1) is 18.4. The van der Waals surface area contributed by atoms with Crippen molar-refractivity contribution in [2.45, 2.75) is 12.8 Å². The van der Waals surface area contributed by atoms with Gasteiger partial charge in [0, 0.05) is 12.8 Å². The second-order valence-corrected chi connectivity index (χ2v) is 5.43. The van der Waals surface area contributed by atoms with E-state index in [2.05, 4.69) is 0 Å². The van der Waals surface area contributed by atoms with Gasteiger partial charge in [0.1, 0.15) is 5.78 Å². The number of carbonyl (C=O) groups is 1. The van der Waals surface area contributed by atoms with E-state index < -0.39 is 0 Å². The molecule has 0 saturated heterocycles. The molecule has 0 unspecified atom stereocenters. The van der Waals surface area contributed by atoms with E-state index in [4.69, 9.17) is 18.9 Å². The van der Waals surface area contributed by atoms with Gasteiger partial charge in [-0.25, -0.2) is 0 Å². The summed E-state index contributed by atoms with van der Waals surface area (Å²) in [4.78, 5) is 12.4. The highest BCUT2D eigenvalue weighted by Gasteiger charge is 2.15. The maximum absolute atomic E-state index is 12.4. The molecule has 6 nitrogen and oxygen atoms in total. The van der Waals surface area contributed by atoms with Crippen LogP contribution in [0.2, 0.25) is 0 Å². The molecule has 2 aromatic rings. The number of phenols is 1. The van der Waals surface area contributed by atoms with Gasteiger partial charge >= 0.3 is 0 Å². The largest absolute Gasteiger partial charge is 0.504 e. The van der Waals surface area contributed by atoms with Crippen molar-refractivity contribution in [3.63, 3.8) is 0 Å². The molecule has 0 aromatic heterocycles. The number of phenolic OH excluding ortho intramolecular Hbond substituents is 1. The van der Waals surface area contributed by atoms with Crippen molar-refractivity contribution in [1.29, 1.82) is 0 Å². The zero-order valence-corrected chi connectivity index (χ0v) is 14.8. The molecular formula is C19H22O6. The van der Waals surface area contributed by atoms with E-state index in [1.54, 1.807) is 24.3 Å². The Bertz CT molecular complexity index is 729. The molecule has 2 rings (SSSR count). The van der Waals surface area contributed by atoms with Crippen LogP contribution in [-0.2, 0) is 17.6 Å². The predicted octanol–water partition coefficient (Wildman–Crippen LogP) is 2.78. The summed E-state index contributed by atoms with van der Waals surface area (Å²) >= 11 is 0. The summed E-state index contributed by atoms with van der Waals surface area (Å²) in [7, 11) is 6.07. The number of methoxy groups -OCH3 is 4. The lowest BCUT2D eigenvalue weighted by Crippen LogP contribution is -2.07. The lowest BCUT2D eigenvalue weighted by atomic mass is 10.0. The Morgan fingerprint density at radius 1 is 0.800 bits per heavy atom. The Labute approximate surface area is 146 Å². The van der Waals surface area contributed by atoms with Crippen LogP contribution in [0.25, 0.3) is 0 Å². The maximum Gasteiger partial charge on any atom is 0.203 e. The lowest BCUT2D eigenvalue weighted by molar-refractivity contribution is -0.117. The van der Waals surface area contributed by atoms with Gasteiger partial charge in [0.25, 0.3) is 0 Å². The Morgan fingerprint density at radius 3 is 1.84 bits per heavy atom. The fourth-order valence-electron chi connectivity index (χ4n) is 2.60. The molecule has 0 aliphatic heterocycles. The Balaban J connectivity index is 2.16. The number of aromatic hydroxyl groups is 1. The standard InChI is InChI=1S/C19H22O6/c1-22-16-6-5-12(9-15(16)21)7-14(20)8-13-10-17(23-2)19(25-4)18(11-13)24-3/h5-6,9-11,21H,7-8H2,1-4H3. The molecular weight excluding hydrogens is 324 g/mol. The van der Waals surface area contributed by atoms with Crippen LogP contribution in [0.4, 0.5) is 0 Å². The SMILES string of the molecule is COc1ccc(CC(=O)Cc2cc(OC)c(OC)c(OC)c2)cc1O. The highest BCUT2D eigenvalue weighted by Crippen LogP contribution is 2.38. The van der Waals surface area contributed by atoms with E-state index in [9.17, 15) is 9.90 Å². The first-order valence-electron chi connectivity index (χ1n) is 7.68. The van der Waals surface area contributed by atoms with E-state index in [0.717, 1.165) is 11.1 Å². The minimum absolute atomic E-state index is 0.00107. The number of ketones is 1. The minimum atomic E-state index is -0.00107. The van der Waals surface area contributed by atoms with Gasteiger partial charge in [0.2, 0.25) is 5.75 Å². The molecule has 0 spiro atoms. The third kappa shape index (κ3) is 4.35. The van der Waals surface area contributed by atoms with E-state index >= 15 is 0 Å². The van der Waals surface area contributed by atoms with Crippen LogP contribution in [0, 0.1) is 0 Å². The maximum atomic E-state index is 12.4. The molecule has 0 radical (unpaired) electrons. The molecule has 0 bridgehead atoms. The summed E-state index contributed by atoms with van der Waals surface area (Å²) in [5.41, 5.74) is 1.48. The molecule has 0 amide bonds. The molecule has 0 heterocycles. The molecule has 0 aliphatic rings. The normalized spacial score (nSPS) is 10.2.